The smallest absolute Gasteiger partial charge is 0.382 e. The van der Waals surface area contributed by atoms with Crippen LogP contribution in [0.5, 0.6) is 0 Å². The third-order valence-electron chi connectivity index (χ3n) is 6.35. The molecule has 3 aliphatic rings. The number of rotatable bonds is 10. The van der Waals surface area contributed by atoms with Crippen molar-refractivity contribution < 1.29 is 51.6 Å². The molecule has 21 heteroatoms. The Morgan fingerprint density at radius 3 is 2.65 bits per heavy atom. The Kier molecular flexibility index (Phi) is 8.24. The van der Waals surface area contributed by atoms with E-state index in [-0.39, 0.29) is 18.8 Å². The lowest BCUT2D eigenvalue weighted by Gasteiger charge is -2.30. The Labute approximate surface area is 226 Å². The summed E-state index contributed by atoms with van der Waals surface area (Å²) in [5.74, 6) is 0.126. The number of aromatic nitrogens is 4. The van der Waals surface area contributed by atoms with Crippen LogP contribution in [0.1, 0.15) is 25.5 Å². The molecule has 0 aliphatic carbocycles. The second-order valence-electron chi connectivity index (χ2n) is 9.16. The molecular formula is C19H28N8O11P2. The molecule has 2 fully saturated rings. The number of phosphoric acid groups is 2. The van der Waals surface area contributed by atoms with Crippen LogP contribution >= 0.6 is 15.6 Å². The second kappa shape index (κ2) is 11.4. The molecule has 40 heavy (non-hydrogen) atoms. The first kappa shape index (κ1) is 29.0. The number of anilines is 1. The van der Waals surface area contributed by atoms with E-state index in [0.717, 1.165) is 0 Å². The second-order valence-corrected chi connectivity index (χ2v) is 11.8. The van der Waals surface area contributed by atoms with Crippen molar-refractivity contribution in [2.45, 2.75) is 56.2 Å². The van der Waals surface area contributed by atoms with Gasteiger partial charge in [-0.25, -0.2) is 28.9 Å². The third-order valence-corrected chi connectivity index (χ3v) is 7.85. The van der Waals surface area contributed by atoms with Crippen molar-refractivity contribution in [3.05, 3.63) is 24.9 Å². The number of nitrogens with zero attached hydrogens (tertiary/aromatic N) is 5. The number of nitrogen functional groups attached to an aromatic ring is 1. The standard InChI is InChI=1S/C19H28N8O11P2/c20-13-3-4-26(19(28)25-13)14-2-1-10(36-14)6-35-40(32,33)38-11-5-15(37-12(11)7-34-39(29,30)31)27-9-24-16-17(21)22-8-23-18(16)27/h3-4,8-15H,1-2,5-7,20H2,(H,25,28)(H,32,33)(H2,21,22,23)(H2,29,30,31)/t10-,11+,12+,13?,14+,15+/m0/s1. The molecule has 220 valence electrons. The van der Waals surface area contributed by atoms with E-state index in [4.69, 9.17) is 39.8 Å². The van der Waals surface area contributed by atoms with Crippen molar-refractivity contribution >= 4 is 38.7 Å². The van der Waals surface area contributed by atoms with Crippen molar-refractivity contribution in [3.63, 3.8) is 0 Å². The first-order chi connectivity index (χ1) is 18.9. The van der Waals surface area contributed by atoms with Crippen LogP contribution in [0.15, 0.2) is 24.9 Å². The summed E-state index contributed by atoms with van der Waals surface area (Å²) in [6.07, 6.45) is 1.45. The summed E-state index contributed by atoms with van der Waals surface area (Å²) >= 11 is 0. The fourth-order valence-corrected chi connectivity index (χ4v) is 5.84. The zero-order chi connectivity index (χ0) is 28.7. The summed E-state index contributed by atoms with van der Waals surface area (Å²) in [5.41, 5.74) is 12.1. The van der Waals surface area contributed by atoms with E-state index in [2.05, 4.69) is 24.8 Å². The fourth-order valence-electron chi connectivity index (χ4n) is 4.52. The van der Waals surface area contributed by atoms with Crippen molar-refractivity contribution in [2.24, 2.45) is 5.73 Å². The van der Waals surface area contributed by atoms with Gasteiger partial charge in [0.15, 0.2) is 11.5 Å². The molecule has 0 spiro atoms. The van der Waals surface area contributed by atoms with Gasteiger partial charge in [0, 0.05) is 12.6 Å². The van der Waals surface area contributed by atoms with Crippen molar-refractivity contribution in [1.29, 1.82) is 0 Å². The van der Waals surface area contributed by atoms with Gasteiger partial charge in [-0.2, -0.15) is 0 Å². The average molecular weight is 606 g/mol. The quantitative estimate of drug-likeness (QED) is 0.188. The number of urea groups is 1. The molecule has 0 saturated carbocycles. The summed E-state index contributed by atoms with van der Waals surface area (Å²) in [4.78, 5) is 54.3. The fraction of sp³-hybridized carbons (Fsp3) is 0.579. The molecule has 5 rings (SSSR count). The highest BCUT2D eigenvalue weighted by molar-refractivity contribution is 7.47. The monoisotopic (exact) mass is 606 g/mol. The van der Waals surface area contributed by atoms with Crippen molar-refractivity contribution in [2.75, 3.05) is 18.9 Å². The maximum Gasteiger partial charge on any atom is 0.472 e. The Bertz CT molecular complexity index is 1370. The summed E-state index contributed by atoms with van der Waals surface area (Å²) < 4.78 is 52.3. The lowest BCUT2D eigenvalue weighted by molar-refractivity contribution is -0.0510. The molecule has 0 bridgehead atoms. The van der Waals surface area contributed by atoms with Gasteiger partial charge in [0.2, 0.25) is 0 Å². The predicted octanol–water partition coefficient (Wildman–Crippen LogP) is -0.364. The number of nitrogens with two attached hydrogens (primary N) is 2. The first-order valence-corrected chi connectivity index (χ1v) is 15.0. The van der Waals surface area contributed by atoms with Gasteiger partial charge >= 0.3 is 21.7 Å². The highest BCUT2D eigenvalue weighted by Gasteiger charge is 2.44. The minimum absolute atomic E-state index is 0.0565. The molecule has 7 atom stereocenters. The van der Waals surface area contributed by atoms with Crippen LogP contribution < -0.4 is 16.8 Å². The van der Waals surface area contributed by atoms with E-state index >= 15 is 0 Å². The van der Waals surface area contributed by atoms with Crippen LogP contribution in [0, 0.1) is 0 Å². The molecule has 2 amide bonds. The molecule has 3 aliphatic heterocycles. The van der Waals surface area contributed by atoms with Crippen LogP contribution in [0.4, 0.5) is 10.6 Å². The number of nitrogens with one attached hydrogen (secondary N) is 1. The molecule has 0 aromatic carbocycles. The minimum Gasteiger partial charge on any atom is -0.382 e. The van der Waals surface area contributed by atoms with E-state index in [1.54, 1.807) is 6.08 Å². The zero-order valence-corrected chi connectivity index (χ0v) is 22.5. The van der Waals surface area contributed by atoms with Gasteiger partial charge in [-0.15, -0.1) is 0 Å². The molecule has 19 nitrogen and oxygen atoms in total. The molecule has 5 heterocycles. The van der Waals surface area contributed by atoms with Gasteiger partial charge in [0.25, 0.3) is 0 Å². The normalized spacial score (nSPS) is 30.6. The Morgan fingerprint density at radius 2 is 1.90 bits per heavy atom. The van der Waals surface area contributed by atoms with Gasteiger partial charge in [0.05, 0.1) is 31.8 Å². The van der Waals surface area contributed by atoms with Crippen LogP contribution in [-0.2, 0) is 32.2 Å². The van der Waals surface area contributed by atoms with Gasteiger partial charge in [-0.3, -0.25) is 23.0 Å². The molecule has 2 aromatic heterocycles. The van der Waals surface area contributed by atoms with Crippen molar-refractivity contribution in [3.8, 4) is 0 Å². The molecule has 8 N–H and O–H groups in total. The summed E-state index contributed by atoms with van der Waals surface area (Å²) in [7, 11) is -9.62. The van der Waals surface area contributed by atoms with Crippen molar-refractivity contribution in [1.82, 2.24) is 29.7 Å². The van der Waals surface area contributed by atoms with Gasteiger partial charge in [-0.05, 0) is 18.9 Å². The van der Waals surface area contributed by atoms with Gasteiger partial charge in [0.1, 0.15) is 36.5 Å². The molecule has 2 unspecified atom stereocenters. The Hall–Kier alpha value is -2.54. The minimum atomic E-state index is -4.89. The third kappa shape index (κ3) is 6.67. The number of amides is 2. The average Bonchev–Trinajstić information content (AvgIpc) is 3.60. The number of imidazole rings is 1. The van der Waals surface area contributed by atoms with E-state index in [0.29, 0.717) is 24.0 Å². The number of ether oxygens (including phenoxy) is 2. The summed E-state index contributed by atoms with van der Waals surface area (Å²) in [6, 6.07) is -0.433. The van der Waals surface area contributed by atoms with Crippen LogP contribution in [0.25, 0.3) is 11.2 Å². The summed E-state index contributed by atoms with van der Waals surface area (Å²) in [5, 5.41) is 2.54. The maximum atomic E-state index is 12.8. The van der Waals surface area contributed by atoms with E-state index in [9.17, 15) is 18.8 Å². The number of carbonyl (C=O) groups excluding carboxylic acids is 1. The van der Waals surface area contributed by atoms with Gasteiger partial charge in [-0.1, -0.05) is 0 Å². The first-order valence-electron chi connectivity index (χ1n) is 12.0. The molecule has 2 aromatic rings. The number of carbonyl (C=O) groups is 1. The van der Waals surface area contributed by atoms with E-state index in [1.807, 2.05) is 0 Å². The van der Waals surface area contributed by atoms with Gasteiger partial charge < -0.3 is 40.9 Å². The lowest BCUT2D eigenvalue weighted by atomic mass is 10.2. The Morgan fingerprint density at radius 1 is 1.10 bits per heavy atom. The Balaban J connectivity index is 1.22. The van der Waals surface area contributed by atoms with E-state index < -0.39 is 65.2 Å². The largest absolute Gasteiger partial charge is 0.472 e. The maximum absolute atomic E-state index is 12.8. The number of hydrogen-bond acceptors (Lipinski definition) is 13. The topological polar surface area (TPSA) is 269 Å². The highest BCUT2D eigenvalue weighted by Crippen LogP contribution is 2.49. The lowest BCUT2D eigenvalue weighted by Crippen LogP contribution is -2.52. The molecular weight excluding hydrogens is 578 g/mol. The van der Waals surface area contributed by atoms with Crippen LogP contribution in [-0.4, -0.2) is 89.0 Å². The van der Waals surface area contributed by atoms with E-state index in [1.165, 1.54) is 28.3 Å². The number of fused-ring (bicyclic) bond motifs is 1. The SMILES string of the molecule is Nc1ncnc2c1ncn2[C@H]1C[C@@H](OP(=O)(O)OC[C@@H]2CC[C@H](N3C=CC(N)NC3=O)O2)[C@@H](COP(=O)(O)O)O1. The number of phosphoric ester groups is 2. The summed E-state index contributed by atoms with van der Waals surface area (Å²) in [6.45, 7) is -0.982. The predicted molar refractivity (Wildman–Crippen MR) is 132 cm³/mol. The van der Waals surface area contributed by atoms with Crippen LogP contribution in [0.3, 0.4) is 0 Å². The molecule has 0 radical (unpaired) electrons. The zero-order valence-electron chi connectivity index (χ0n) is 20.7. The number of hydrogen-bond donors (Lipinski definition) is 6. The van der Waals surface area contributed by atoms with Crippen LogP contribution in [0.2, 0.25) is 0 Å². The molecule has 2 saturated heterocycles. The highest BCUT2D eigenvalue weighted by atomic mass is 31.2.